The Hall–Kier alpha value is -2.40. The lowest BCUT2D eigenvalue weighted by Gasteiger charge is -2.38. The van der Waals surface area contributed by atoms with Gasteiger partial charge in [-0.15, -0.1) is 0 Å². The Labute approximate surface area is 161 Å². The van der Waals surface area contributed by atoms with E-state index in [0.717, 1.165) is 11.1 Å². The summed E-state index contributed by atoms with van der Waals surface area (Å²) < 4.78 is 15.5. The van der Waals surface area contributed by atoms with Crippen LogP contribution in [-0.4, -0.2) is 75.8 Å². The molecule has 6 atom stereocenters. The molecule has 0 bridgehead atoms. The first-order valence-electron chi connectivity index (χ1n) is 8.70. The van der Waals surface area contributed by atoms with Crippen LogP contribution in [-0.2, 0) is 14.3 Å². The van der Waals surface area contributed by atoms with Crippen LogP contribution in [0.15, 0.2) is 18.2 Å². The number of carboxylic acids is 1. The lowest BCUT2D eigenvalue weighted by atomic mass is 9.99. The minimum atomic E-state index is -1.86. The first-order chi connectivity index (χ1) is 13.1. The topological polar surface area (TPSA) is 155 Å². The van der Waals surface area contributed by atoms with Crippen molar-refractivity contribution in [3.8, 4) is 5.75 Å². The van der Waals surface area contributed by atoms with Gasteiger partial charge >= 0.3 is 12.1 Å². The highest BCUT2D eigenvalue weighted by molar-refractivity contribution is 5.73. The smallest absolute Gasteiger partial charge is 0.409 e. The molecule has 0 spiro atoms. The van der Waals surface area contributed by atoms with Crippen LogP contribution >= 0.6 is 0 Å². The molecule has 1 heterocycles. The molecule has 0 saturated carbocycles. The van der Waals surface area contributed by atoms with E-state index >= 15 is 0 Å². The van der Waals surface area contributed by atoms with Crippen molar-refractivity contribution >= 4 is 12.1 Å². The number of aryl methyl sites for hydroxylation is 2. The second-order valence-electron chi connectivity index (χ2n) is 6.72. The second-order valence-corrected chi connectivity index (χ2v) is 6.72. The number of carbonyl (C=O) groups is 2. The number of aliphatic carboxylic acids is 1. The van der Waals surface area contributed by atoms with Crippen LogP contribution in [0.2, 0.25) is 0 Å². The fourth-order valence-corrected chi connectivity index (χ4v) is 2.77. The number of aliphatic hydroxyl groups excluding tert-OH is 3. The molecule has 1 aromatic rings. The molecule has 1 aliphatic heterocycles. The molecular weight excluding hydrogens is 374 g/mol. The number of amides is 1. The molecule has 1 fully saturated rings. The van der Waals surface area contributed by atoms with Gasteiger partial charge in [0.1, 0.15) is 30.7 Å². The number of aliphatic hydroxyl groups is 3. The third-order valence-electron chi connectivity index (χ3n) is 4.29. The zero-order valence-corrected chi connectivity index (χ0v) is 15.7. The van der Waals surface area contributed by atoms with Crippen LogP contribution < -0.4 is 10.1 Å². The Morgan fingerprint density at radius 1 is 1.14 bits per heavy atom. The van der Waals surface area contributed by atoms with Crippen molar-refractivity contribution in [2.45, 2.75) is 57.5 Å². The largest absolute Gasteiger partial charge is 0.491 e. The zero-order chi connectivity index (χ0) is 21.0. The number of carboxylic acid groups (broad SMARTS) is 1. The number of para-hydroxylation sites is 1. The highest BCUT2D eigenvalue weighted by atomic mass is 16.7. The van der Waals surface area contributed by atoms with Crippen LogP contribution in [0.4, 0.5) is 4.79 Å². The standard InChI is InChI=1S/C18H25NO9/c1-8-5-4-6-9(2)14(8)26-7-10(3)19-18(25)28-17-13(22)11(20)12(21)15(27-17)16(23)24/h4-6,10-13,15,17,20-22H,7H2,1-3H3,(H,19,25)(H,23,24)/t10-,11+,12+,13-,15+,17+/m1/s1. The average Bonchev–Trinajstić information content (AvgIpc) is 2.61. The third kappa shape index (κ3) is 5.10. The number of ether oxygens (including phenoxy) is 3. The van der Waals surface area contributed by atoms with Crippen LogP contribution in [0.5, 0.6) is 5.75 Å². The third-order valence-corrected chi connectivity index (χ3v) is 4.29. The van der Waals surface area contributed by atoms with Gasteiger partial charge in [-0.2, -0.15) is 0 Å². The van der Waals surface area contributed by atoms with Gasteiger partial charge in [0.2, 0.25) is 6.29 Å². The maximum absolute atomic E-state index is 12.0. The van der Waals surface area contributed by atoms with E-state index in [1.165, 1.54) is 0 Å². The van der Waals surface area contributed by atoms with E-state index < -0.39 is 48.8 Å². The van der Waals surface area contributed by atoms with Gasteiger partial charge in [-0.25, -0.2) is 9.59 Å². The average molecular weight is 399 g/mol. The SMILES string of the molecule is Cc1cccc(C)c1OC[C@@H](C)NC(=O)O[C@@H]1O[C@H](C(=O)O)[C@@H](O)[C@H](O)[C@H]1O. The molecule has 1 saturated heterocycles. The fourth-order valence-electron chi connectivity index (χ4n) is 2.77. The van der Waals surface area contributed by atoms with Crippen molar-refractivity contribution in [2.75, 3.05) is 6.61 Å². The van der Waals surface area contributed by atoms with E-state index in [4.69, 9.17) is 19.3 Å². The maximum atomic E-state index is 12.0. The molecule has 2 rings (SSSR count). The van der Waals surface area contributed by atoms with Crippen LogP contribution in [0.25, 0.3) is 0 Å². The lowest BCUT2D eigenvalue weighted by molar-refractivity contribution is -0.278. The summed E-state index contributed by atoms with van der Waals surface area (Å²) in [5.74, 6) is -0.861. The fraction of sp³-hybridized carbons (Fsp3) is 0.556. The predicted molar refractivity (Wildman–Crippen MR) is 94.8 cm³/mol. The van der Waals surface area contributed by atoms with Crippen molar-refractivity contribution in [3.63, 3.8) is 0 Å². The van der Waals surface area contributed by atoms with E-state index in [0.29, 0.717) is 5.75 Å². The maximum Gasteiger partial charge on any atom is 0.409 e. The van der Waals surface area contributed by atoms with Crippen LogP contribution in [0.1, 0.15) is 18.1 Å². The van der Waals surface area contributed by atoms with Gasteiger partial charge < -0.3 is 40.0 Å². The Bertz CT molecular complexity index is 690. The van der Waals surface area contributed by atoms with E-state index in [1.807, 2.05) is 32.0 Å². The first-order valence-corrected chi connectivity index (χ1v) is 8.70. The quantitative estimate of drug-likeness (QED) is 0.433. The summed E-state index contributed by atoms with van der Waals surface area (Å²) in [6.07, 6.45) is -10.1. The van der Waals surface area contributed by atoms with Gasteiger partial charge in [-0.3, -0.25) is 0 Å². The van der Waals surface area contributed by atoms with Crippen LogP contribution in [0, 0.1) is 13.8 Å². The van der Waals surface area contributed by atoms with E-state index in [1.54, 1.807) is 6.92 Å². The molecule has 28 heavy (non-hydrogen) atoms. The highest BCUT2D eigenvalue weighted by Crippen LogP contribution is 2.23. The molecule has 0 aromatic heterocycles. The van der Waals surface area contributed by atoms with E-state index in [2.05, 4.69) is 5.32 Å². The molecule has 0 unspecified atom stereocenters. The van der Waals surface area contributed by atoms with Gasteiger partial charge in [0.15, 0.2) is 6.10 Å². The van der Waals surface area contributed by atoms with Gasteiger partial charge in [0.05, 0.1) is 6.04 Å². The Balaban J connectivity index is 1.89. The van der Waals surface area contributed by atoms with Crippen molar-refractivity contribution in [1.29, 1.82) is 0 Å². The van der Waals surface area contributed by atoms with Crippen molar-refractivity contribution in [3.05, 3.63) is 29.3 Å². The lowest BCUT2D eigenvalue weighted by Crippen LogP contribution is -2.61. The van der Waals surface area contributed by atoms with Crippen LogP contribution in [0.3, 0.4) is 0 Å². The molecule has 1 aliphatic rings. The minimum absolute atomic E-state index is 0.133. The first kappa shape index (κ1) is 21.9. The van der Waals surface area contributed by atoms with E-state index in [9.17, 15) is 24.9 Å². The van der Waals surface area contributed by atoms with Gasteiger partial charge in [0, 0.05) is 0 Å². The Morgan fingerprint density at radius 2 is 1.75 bits per heavy atom. The number of benzene rings is 1. The summed E-state index contributed by atoms with van der Waals surface area (Å²) in [6.45, 7) is 5.59. The summed E-state index contributed by atoms with van der Waals surface area (Å²) in [4.78, 5) is 23.1. The van der Waals surface area contributed by atoms with E-state index in [-0.39, 0.29) is 6.61 Å². The predicted octanol–water partition coefficient (Wildman–Crippen LogP) is -0.311. The van der Waals surface area contributed by atoms with Crippen molar-refractivity contribution in [2.24, 2.45) is 0 Å². The normalized spacial score (nSPS) is 28.3. The monoisotopic (exact) mass is 399 g/mol. The zero-order valence-electron chi connectivity index (χ0n) is 15.7. The molecular formula is C18H25NO9. The number of hydrogen-bond donors (Lipinski definition) is 5. The number of carbonyl (C=O) groups excluding carboxylic acids is 1. The molecule has 5 N–H and O–H groups in total. The van der Waals surface area contributed by atoms with Gasteiger partial charge in [-0.1, -0.05) is 18.2 Å². The summed E-state index contributed by atoms with van der Waals surface area (Å²) in [7, 11) is 0. The summed E-state index contributed by atoms with van der Waals surface area (Å²) in [6, 6.07) is 5.21. The second kappa shape index (κ2) is 9.20. The van der Waals surface area contributed by atoms with Gasteiger partial charge in [0.25, 0.3) is 0 Å². The number of alkyl carbamates (subject to hydrolysis) is 1. The minimum Gasteiger partial charge on any atom is -0.491 e. The summed E-state index contributed by atoms with van der Waals surface area (Å²) in [5.41, 5.74) is 1.89. The summed E-state index contributed by atoms with van der Waals surface area (Å²) in [5, 5.41) is 40.6. The Kier molecular flexibility index (Phi) is 7.19. The molecule has 1 amide bonds. The Morgan fingerprint density at radius 3 is 2.32 bits per heavy atom. The number of hydrogen-bond acceptors (Lipinski definition) is 8. The summed E-state index contributed by atoms with van der Waals surface area (Å²) >= 11 is 0. The number of rotatable bonds is 6. The molecule has 0 aliphatic carbocycles. The van der Waals surface area contributed by atoms with Crippen molar-refractivity contribution in [1.82, 2.24) is 5.32 Å². The number of nitrogens with one attached hydrogen (secondary N) is 1. The molecule has 1 aromatic carbocycles. The molecule has 10 heteroatoms. The molecule has 10 nitrogen and oxygen atoms in total. The molecule has 156 valence electrons. The molecule has 0 radical (unpaired) electrons. The van der Waals surface area contributed by atoms with Crippen molar-refractivity contribution < 1.29 is 44.2 Å². The van der Waals surface area contributed by atoms with Gasteiger partial charge in [-0.05, 0) is 31.9 Å². The highest BCUT2D eigenvalue weighted by Gasteiger charge is 2.48.